The Kier molecular flexibility index (Phi) is 6.74. The fourth-order valence-electron chi connectivity index (χ4n) is 2.63. The Balaban J connectivity index is 2.16. The smallest absolute Gasteiger partial charge is 0.192 e. The van der Waals surface area contributed by atoms with E-state index >= 15 is 0 Å². The first kappa shape index (κ1) is 21.2. The molecule has 0 bridgehead atoms. The highest BCUT2D eigenvalue weighted by atomic mass is 79.9. The molecule has 1 aromatic rings. The SMILES string of the molecule is COc1ccc(C=O)cc1O[C@H]1C[C@@H](O[Si](C)(C)C(C)(C)C)CC=C1Br. The van der Waals surface area contributed by atoms with Gasteiger partial charge in [-0.25, -0.2) is 0 Å². The number of carbonyl (C=O) groups is 1. The standard InChI is InChI=1S/C20H29BrO4Si/c1-20(2,3)26(5,6)25-15-8-9-16(21)18(12-15)24-19-11-14(13-22)7-10-17(19)23-4/h7,9-11,13,15,18H,8,12H2,1-6H3/t15-,18-/m0/s1. The minimum atomic E-state index is -1.84. The lowest BCUT2D eigenvalue weighted by atomic mass is 10.0. The average Bonchev–Trinajstić information content (AvgIpc) is 2.56. The van der Waals surface area contributed by atoms with Gasteiger partial charge >= 0.3 is 0 Å². The summed E-state index contributed by atoms with van der Waals surface area (Å²) in [4.78, 5) is 11.1. The molecule has 144 valence electrons. The van der Waals surface area contributed by atoms with E-state index in [2.05, 4.69) is 55.9 Å². The van der Waals surface area contributed by atoms with Gasteiger partial charge in [0, 0.05) is 16.5 Å². The van der Waals surface area contributed by atoms with Crippen LogP contribution in [-0.2, 0) is 4.43 Å². The van der Waals surface area contributed by atoms with Crippen LogP contribution in [0, 0.1) is 0 Å². The predicted molar refractivity (Wildman–Crippen MR) is 111 cm³/mol. The summed E-state index contributed by atoms with van der Waals surface area (Å²) >= 11 is 3.62. The molecule has 0 aromatic heterocycles. The van der Waals surface area contributed by atoms with Gasteiger partial charge in [0.2, 0.25) is 0 Å². The van der Waals surface area contributed by atoms with Crippen molar-refractivity contribution in [1.29, 1.82) is 0 Å². The van der Waals surface area contributed by atoms with Crippen LogP contribution < -0.4 is 9.47 Å². The van der Waals surface area contributed by atoms with Gasteiger partial charge in [-0.1, -0.05) is 42.8 Å². The maximum absolute atomic E-state index is 11.1. The van der Waals surface area contributed by atoms with Gasteiger partial charge in [0.1, 0.15) is 12.4 Å². The molecule has 1 aliphatic rings. The van der Waals surface area contributed by atoms with E-state index < -0.39 is 8.32 Å². The molecular weight excluding hydrogens is 412 g/mol. The number of hydrogen-bond acceptors (Lipinski definition) is 4. The zero-order valence-electron chi connectivity index (χ0n) is 16.5. The Morgan fingerprint density at radius 1 is 1.23 bits per heavy atom. The lowest BCUT2D eigenvalue weighted by Crippen LogP contribution is -2.45. The van der Waals surface area contributed by atoms with Crippen molar-refractivity contribution in [2.24, 2.45) is 0 Å². The van der Waals surface area contributed by atoms with Gasteiger partial charge in [-0.3, -0.25) is 4.79 Å². The first-order valence-corrected chi connectivity index (χ1v) is 12.6. The van der Waals surface area contributed by atoms with Gasteiger partial charge in [-0.05, 0) is 42.8 Å². The molecule has 2 atom stereocenters. The van der Waals surface area contributed by atoms with Crippen molar-refractivity contribution >= 4 is 30.5 Å². The van der Waals surface area contributed by atoms with Crippen molar-refractivity contribution in [3.8, 4) is 11.5 Å². The van der Waals surface area contributed by atoms with Crippen molar-refractivity contribution in [2.75, 3.05) is 7.11 Å². The van der Waals surface area contributed by atoms with Crippen LogP contribution in [0.5, 0.6) is 11.5 Å². The maximum Gasteiger partial charge on any atom is 0.192 e. The number of methoxy groups -OCH3 is 1. The lowest BCUT2D eigenvalue weighted by Gasteiger charge is -2.41. The fraction of sp³-hybridized carbons (Fsp3) is 0.550. The zero-order chi connectivity index (χ0) is 19.5. The topological polar surface area (TPSA) is 44.8 Å². The summed E-state index contributed by atoms with van der Waals surface area (Å²) in [5.74, 6) is 1.18. The number of ether oxygens (including phenoxy) is 2. The normalized spacial score (nSPS) is 21.1. The van der Waals surface area contributed by atoms with E-state index in [-0.39, 0.29) is 17.2 Å². The summed E-state index contributed by atoms with van der Waals surface area (Å²) in [5, 5.41) is 0.170. The van der Waals surface area contributed by atoms with E-state index in [9.17, 15) is 4.79 Å². The zero-order valence-corrected chi connectivity index (χ0v) is 19.1. The monoisotopic (exact) mass is 440 g/mol. The van der Waals surface area contributed by atoms with E-state index in [1.807, 2.05) is 0 Å². The minimum Gasteiger partial charge on any atom is -0.493 e. The third kappa shape index (κ3) is 4.99. The largest absolute Gasteiger partial charge is 0.493 e. The molecule has 0 saturated carbocycles. The summed E-state index contributed by atoms with van der Waals surface area (Å²) in [5.41, 5.74) is 0.561. The second kappa shape index (κ2) is 8.27. The van der Waals surface area contributed by atoms with Crippen LogP contribution in [0.1, 0.15) is 44.0 Å². The number of halogens is 1. The van der Waals surface area contributed by atoms with Crippen LogP contribution in [0.4, 0.5) is 0 Å². The second-order valence-corrected chi connectivity index (χ2v) is 13.9. The first-order valence-electron chi connectivity index (χ1n) is 8.90. The second-order valence-electron chi connectivity index (χ2n) is 8.20. The molecule has 0 fully saturated rings. The van der Waals surface area contributed by atoms with Gasteiger partial charge in [0.05, 0.1) is 13.2 Å². The summed E-state index contributed by atoms with van der Waals surface area (Å²) in [6, 6.07) is 5.18. The van der Waals surface area contributed by atoms with Gasteiger partial charge in [-0.2, -0.15) is 0 Å². The molecule has 26 heavy (non-hydrogen) atoms. The molecular formula is C20H29BrO4Si. The number of rotatable bonds is 6. The van der Waals surface area contributed by atoms with Gasteiger partial charge in [-0.15, -0.1) is 0 Å². The predicted octanol–water partition coefficient (Wildman–Crippen LogP) is 5.72. The molecule has 0 saturated heterocycles. The minimum absolute atomic E-state index is 0.127. The number of hydrogen-bond donors (Lipinski definition) is 0. The molecule has 0 N–H and O–H groups in total. The molecule has 0 unspecified atom stereocenters. The average molecular weight is 441 g/mol. The Bertz CT molecular complexity index is 679. The third-order valence-corrected chi connectivity index (χ3v) is 10.6. The quantitative estimate of drug-likeness (QED) is 0.419. The van der Waals surface area contributed by atoms with Crippen LogP contribution in [0.25, 0.3) is 0 Å². The summed E-state index contributed by atoms with van der Waals surface area (Å²) in [6.45, 7) is 11.3. The Labute approximate surface area is 166 Å². The molecule has 0 radical (unpaired) electrons. The van der Waals surface area contributed by atoms with E-state index in [0.717, 1.165) is 23.6 Å². The lowest BCUT2D eigenvalue weighted by molar-refractivity contribution is 0.109. The van der Waals surface area contributed by atoms with E-state index in [4.69, 9.17) is 13.9 Å². The Hall–Kier alpha value is -1.11. The van der Waals surface area contributed by atoms with Gasteiger partial charge < -0.3 is 13.9 Å². The summed E-state index contributed by atoms with van der Waals surface area (Å²) in [7, 11) is -0.244. The summed E-state index contributed by atoms with van der Waals surface area (Å²) < 4.78 is 19.1. The Morgan fingerprint density at radius 2 is 1.92 bits per heavy atom. The summed E-state index contributed by atoms with van der Waals surface area (Å²) in [6.07, 6.45) is 4.54. The first-order chi connectivity index (χ1) is 12.1. The molecule has 0 spiro atoms. The van der Waals surface area contributed by atoms with E-state index in [0.29, 0.717) is 17.1 Å². The van der Waals surface area contributed by atoms with Crippen LogP contribution in [0.15, 0.2) is 28.8 Å². The van der Waals surface area contributed by atoms with Crippen molar-refractivity contribution in [2.45, 2.75) is 64.0 Å². The van der Waals surface area contributed by atoms with E-state index in [1.54, 1.807) is 25.3 Å². The molecule has 0 aliphatic heterocycles. The van der Waals surface area contributed by atoms with Crippen molar-refractivity contribution in [1.82, 2.24) is 0 Å². The van der Waals surface area contributed by atoms with Crippen molar-refractivity contribution in [3.63, 3.8) is 0 Å². The number of benzene rings is 1. The molecule has 2 rings (SSSR count). The highest BCUT2D eigenvalue weighted by molar-refractivity contribution is 9.11. The molecule has 0 heterocycles. The third-order valence-electron chi connectivity index (χ3n) is 5.22. The van der Waals surface area contributed by atoms with E-state index in [1.165, 1.54) is 0 Å². The van der Waals surface area contributed by atoms with Crippen molar-refractivity contribution < 1.29 is 18.7 Å². The maximum atomic E-state index is 11.1. The van der Waals surface area contributed by atoms with Crippen LogP contribution >= 0.6 is 15.9 Å². The molecule has 4 nitrogen and oxygen atoms in total. The molecule has 1 aromatic carbocycles. The Morgan fingerprint density at radius 3 is 2.50 bits per heavy atom. The highest BCUT2D eigenvalue weighted by Crippen LogP contribution is 2.40. The van der Waals surface area contributed by atoms with Gasteiger partial charge in [0.25, 0.3) is 0 Å². The number of carbonyl (C=O) groups excluding carboxylic acids is 1. The van der Waals surface area contributed by atoms with Crippen LogP contribution in [0.3, 0.4) is 0 Å². The molecule has 1 aliphatic carbocycles. The van der Waals surface area contributed by atoms with Crippen molar-refractivity contribution in [3.05, 3.63) is 34.3 Å². The fourth-order valence-corrected chi connectivity index (χ4v) is 4.48. The molecule has 0 amide bonds. The molecule has 6 heteroatoms. The van der Waals surface area contributed by atoms with Crippen LogP contribution in [0.2, 0.25) is 18.1 Å². The number of aldehydes is 1. The van der Waals surface area contributed by atoms with Gasteiger partial charge in [0.15, 0.2) is 19.8 Å². The highest BCUT2D eigenvalue weighted by Gasteiger charge is 2.40. The van der Waals surface area contributed by atoms with Crippen LogP contribution in [-0.4, -0.2) is 33.9 Å².